The van der Waals surface area contributed by atoms with Crippen molar-refractivity contribution in [3.63, 3.8) is 0 Å². The molecule has 0 unspecified atom stereocenters. The Morgan fingerprint density at radius 1 is 1.19 bits per heavy atom. The number of nitrogens with zero attached hydrogens (tertiary/aromatic N) is 4. The van der Waals surface area contributed by atoms with Gasteiger partial charge in [0.25, 0.3) is 0 Å². The predicted octanol–water partition coefficient (Wildman–Crippen LogP) is 3.87. The minimum absolute atomic E-state index is 0.156. The summed E-state index contributed by atoms with van der Waals surface area (Å²) >= 11 is 1.53. The molecule has 0 atom stereocenters. The third-order valence-corrected chi connectivity index (χ3v) is 5.15. The first kappa shape index (κ1) is 17.4. The average molecular weight is 381 g/mol. The minimum Gasteiger partial charge on any atom is -0.493 e. The number of thiazole rings is 1. The topological polar surface area (TPSA) is 80.2 Å². The molecule has 1 aliphatic heterocycles. The van der Waals surface area contributed by atoms with Crippen LogP contribution >= 0.6 is 11.3 Å². The Balaban J connectivity index is 1.56. The number of hydrogen-bond acceptors (Lipinski definition) is 7. The zero-order valence-electron chi connectivity index (χ0n) is 14.9. The molecule has 3 aromatic heterocycles. The number of carbonyl (C=O) groups is 1. The number of amides is 1. The lowest BCUT2D eigenvalue weighted by Gasteiger charge is -2.26. The van der Waals surface area contributed by atoms with E-state index in [9.17, 15) is 4.79 Å². The summed E-state index contributed by atoms with van der Waals surface area (Å²) in [4.78, 5) is 27.2. The van der Waals surface area contributed by atoms with E-state index in [0.29, 0.717) is 23.8 Å². The number of carbonyl (C=O) groups excluding carboxylic acids is 1. The summed E-state index contributed by atoms with van der Waals surface area (Å²) in [7, 11) is 1.60. The summed E-state index contributed by atoms with van der Waals surface area (Å²) < 4.78 is 5.40. The van der Waals surface area contributed by atoms with E-state index in [0.717, 1.165) is 35.8 Å². The molecule has 1 N–H and O–H groups in total. The van der Waals surface area contributed by atoms with Crippen molar-refractivity contribution in [2.45, 2.75) is 19.3 Å². The second-order valence-electron chi connectivity index (χ2n) is 6.11. The first-order valence-corrected chi connectivity index (χ1v) is 9.61. The molecule has 1 fully saturated rings. The van der Waals surface area contributed by atoms with E-state index in [4.69, 9.17) is 4.74 Å². The molecule has 0 aromatic carbocycles. The summed E-state index contributed by atoms with van der Waals surface area (Å²) in [5.41, 5.74) is 1.59. The largest absolute Gasteiger partial charge is 0.493 e. The van der Waals surface area contributed by atoms with Crippen LogP contribution in [-0.4, -0.2) is 34.5 Å². The second kappa shape index (κ2) is 7.71. The number of methoxy groups -OCH3 is 1. The van der Waals surface area contributed by atoms with E-state index in [1.165, 1.54) is 11.3 Å². The molecule has 1 saturated heterocycles. The molecule has 4 rings (SSSR count). The summed E-state index contributed by atoms with van der Waals surface area (Å²) in [6.07, 6.45) is 6.05. The molecular formula is C19H19N5O2S. The molecule has 1 aliphatic rings. The van der Waals surface area contributed by atoms with Crippen molar-refractivity contribution >= 4 is 34.6 Å². The number of ether oxygens (including phenoxy) is 1. The van der Waals surface area contributed by atoms with Crippen LogP contribution in [0.2, 0.25) is 0 Å². The van der Waals surface area contributed by atoms with Crippen molar-refractivity contribution in [3.8, 4) is 16.5 Å². The van der Waals surface area contributed by atoms with Gasteiger partial charge in [-0.15, -0.1) is 11.3 Å². The molecule has 3 aromatic rings. The molecule has 0 aliphatic carbocycles. The van der Waals surface area contributed by atoms with Crippen LogP contribution in [0.15, 0.2) is 42.0 Å². The highest BCUT2D eigenvalue weighted by Crippen LogP contribution is 2.30. The van der Waals surface area contributed by atoms with Crippen LogP contribution in [0.25, 0.3) is 10.7 Å². The molecule has 0 spiro atoms. The van der Waals surface area contributed by atoms with E-state index < -0.39 is 0 Å². The van der Waals surface area contributed by atoms with Gasteiger partial charge in [0.05, 0.1) is 19.0 Å². The standard InChI is InChI=1S/C19H19N5O2S/c1-26-15-7-6-14(19-20-9-11-27-19)22-18(15)23-16-8-5-13(12-21-16)24-10-3-2-4-17(24)25/h5-9,11-12H,2-4,10H2,1H3,(H,21,22,23). The van der Waals surface area contributed by atoms with Crippen LogP contribution in [-0.2, 0) is 4.79 Å². The van der Waals surface area contributed by atoms with Crippen molar-refractivity contribution in [2.75, 3.05) is 23.9 Å². The van der Waals surface area contributed by atoms with Crippen LogP contribution in [0.1, 0.15) is 19.3 Å². The summed E-state index contributed by atoms with van der Waals surface area (Å²) in [5, 5.41) is 5.95. The maximum Gasteiger partial charge on any atom is 0.227 e. The fourth-order valence-corrected chi connectivity index (χ4v) is 3.60. The SMILES string of the molecule is COc1ccc(-c2nccs2)nc1Nc1ccc(N2CCCCC2=O)cn1. The Morgan fingerprint density at radius 2 is 2.11 bits per heavy atom. The van der Waals surface area contributed by atoms with Crippen molar-refractivity contribution in [3.05, 3.63) is 42.0 Å². The highest BCUT2D eigenvalue weighted by atomic mass is 32.1. The predicted molar refractivity (Wildman–Crippen MR) is 106 cm³/mol. The zero-order chi connectivity index (χ0) is 18.6. The normalized spacial score (nSPS) is 14.3. The van der Waals surface area contributed by atoms with Gasteiger partial charge in [-0.1, -0.05) is 0 Å². The van der Waals surface area contributed by atoms with Gasteiger partial charge in [-0.3, -0.25) is 4.79 Å². The van der Waals surface area contributed by atoms with Crippen LogP contribution in [0.5, 0.6) is 5.75 Å². The Labute approximate surface area is 161 Å². The molecule has 0 radical (unpaired) electrons. The summed E-state index contributed by atoms with van der Waals surface area (Å²) in [6, 6.07) is 7.47. The third-order valence-electron chi connectivity index (χ3n) is 4.36. The van der Waals surface area contributed by atoms with E-state index in [1.807, 2.05) is 29.6 Å². The fourth-order valence-electron chi connectivity index (χ4n) is 2.99. The third kappa shape index (κ3) is 3.75. The molecule has 1 amide bonds. The quantitative estimate of drug-likeness (QED) is 0.723. The number of pyridine rings is 2. The van der Waals surface area contributed by atoms with E-state index in [2.05, 4.69) is 20.3 Å². The van der Waals surface area contributed by atoms with Crippen molar-refractivity contribution < 1.29 is 9.53 Å². The molecule has 0 bridgehead atoms. The molecular weight excluding hydrogens is 362 g/mol. The number of aromatic nitrogens is 3. The van der Waals surface area contributed by atoms with Crippen LogP contribution in [0, 0.1) is 0 Å². The van der Waals surface area contributed by atoms with Gasteiger partial charge in [-0.2, -0.15) is 0 Å². The molecule has 4 heterocycles. The number of nitrogens with one attached hydrogen (secondary N) is 1. The lowest BCUT2D eigenvalue weighted by Crippen LogP contribution is -2.35. The second-order valence-corrected chi connectivity index (χ2v) is 7.01. The molecule has 138 valence electrons. The summed E-state index contributed by atoms with van der Waals surface area (Å²) in [5.74, 6) is 1.97. The lowest BCUT2D eigenvalue weighted by atomic mass is 10.1. The number of hydrogen-bond donors (Lipinski definition) is 1. The Morgan fingerprint density at radius 3 is 2.81 bits per heavy atom. The Bertz CT molecular complexity index is 928. The molecule has 27 heavy (non-hydrogen) atoms. The molecule has 0 saturated carbocycles. The van der Waals surface area contributed by atoms with Gasteiger partial charge in [0.2, 0.25) is 5.91 Å². The van der Waals surface area contributed by atoms with Crippen LogP contribution in [0.3, 0.4) is 0 Å². The number of anilines is 3. The first-order chi connectivity index (χ1) is 13.2. The van der Waals surface area contributed by atoms with Crippen LogP contribution < -0.4 is 15.0 Å². The van der Waals surface area contributed by atoms with Gasteiger partial charge in [0.1, 0.15) is 16.5 Å². The van der Waals surface area contributed by atoms with Crippen molar-refractivity contribution in [1.29, 1.82) is 0 Å². The first-order valence-electron chi connectivity index (χ1n) is 8.73. The smallest absolute Gasteiger partial charge is 0.227 e. The van der Waals surface area contributed by atoms with Gasteiger partial charge in [0, 0.05) is 24.5 Å². The Hall–Kier alpha value is -3.00. The summed E-state index contributed by atoms with van der Waals surface area (Å²) in [6.45, 7) is 0.749. The van der Waals surface area contributed by atoms with Gasteiger partial charge in [-0.25, -0.2) is 15.0 Å². The van der Waals surface area contributed by atoms with Gasteiger partial charge < -0.3 is 15.0 Å². The highest BCUT2D eigenvalue weighted by Gasteiger charge is 2.19. The van der Waals surface area contributed by atoms with Gasteiger partial charge in [-0.05, 0) is 37.1 Å². The maximum atomic E-state index is 12.1. The van der Waals surface area contributed by atoms with E-state index in [-0.39, 0.29) is 5.91 Å². The maximum absolute atomic E-state index is 12.1. The van der Waals surface area contributed by atoms with E-state index >= 15 is 0 Å². The molecule has 8 heteroatoms. The molecule has 7 nitrogen and oxygen atoms in total. The van der Waals surface area contributed by atoms with Crippen LogP contribution in [0.4, 0.5) is 17.3 Å². The van der Waals surface area contributed by atoms with Gasteiger partial charge in [0.15, 0.2) is 11.6 Å². The van der Waals surface area contributed by atoms with Crippen molar-refractivity contribution in [1.82, 2.24) is 15.0 Å². The minimum atomic E-state index is 0.156. The number of piperidine rings is 1. The van der Waals surface area contributed by atoms with Crippen molar-refractivity contribution in [2.24, 2.45) is 0 Å². The van der Waals surface area contributed by atoms with E-state index in [1.54, 1.807) is 24.4 Å². The lowest BCUT2D eigenvalue weighted by molar-refractivity contribution is -0.119. The Kier molecular flexibility index (Phi) is 4.97. The number of rotatable bonds is 5. The zero-order valence-corrected chi connectivity index (χ0v) is 15.7. The average Bonchev–Trinajstić information content (AvgIpc) is 3.24. The monoisotopic (exact) mass is 381 g/mol. The highest BCUT2D eigenvalue weighted by molar-refractivity contribution is 7.13. The fraction of sp³-hybridized carbons (Fsp3) is 0.263. The van der Waals surface area contributed by atoms with Gasteiger partial charge >= 0.3 is 0 Å².